The summed E-state index contributed by atoms with van der Waals surface area (Å²) in [5, 5.41) is 9.19. The molecule has 2 aliphatic heterocycles. The third kappa shape index (κ3) is 3.45. The van der Waals surface area contributed by atoms with Crippen molar-refractivity contribution in [3.05, 3.63) is 35.9 Å². The second-order valence-corrected chi connectivity index (χ2v) is 5.85. The second kappa shape index (κ2) is 6.31. The van der Waals surface area contributed by atoms with E-state index in [9.17, 15) is 9.90 Å². The van der Waals surface area contributed by atoms with E-state index in [-0.39, 0.29) is 11.7 Å². The van der Waals surface area contributed by atoms with Gasteiger partial charge in [-0.05, 0) is 56.1 Å². The molecule has 0 aromatic heterocycles. The minimum absolute atomic E-state index is 0.220. The zero-order valence-electron chi connectivity index (χ0n) is 12.1. The van der Waals surface area contributed by atoms with E-state index in [0.717, 1.165) is 18.5 Å². The summed E-state index contributed by atoms with van der Waals surface area (Å²) in [6.07, 6.45) is 6.81. The minimum atomic E-state index is -0.292. The van der Waals surface area contributed by atoms with E-state index < -0.39 is 0 Å². The number of nitrogens with zero attached hydrogens (tertiary/aromatic N) is 1. The number of ether oxygens (including phenoxy) is 1. The third-order valence-electron chi connectivity index (χ3n) is 4.49. The number of phenols is 1. The van der Waals surface area contributed by atoms with Crippen LogP contribution in [0.4, 0.5) is 0 Å². The number of carbonyl (C=O) groups excluding carboxylic acids is 1. The van der Waals surface area contributed by atoms with E-state index in [4.69, 9.17) is 4.74 Å². The number of carbonyl (C=O) groups is 1. The topological polar surface area (TPSA) is 49.8 Å². The smallest absolute Gasteiger partial charge is 0.330 e. The van der Waals surface area contributed by atoms with Gasteiger partial charge in [-0.15, -0.1) is 0 Å². The van der Waals surface area contributed by atoms with E-state index in [1.807, 2.05) is 0 Å². The van der Waals surface area contributed by atoms with Crippen LogP contribution in [0.5, 0.6) is 5.75 Å². The molecular weight excluding hydrogens is 266 g/mol. The molecule has 2 aliphatic rings. The minimum Gasteiger partial charge on any atom is -0.508 e. The highest BCUT2D eigenvalue weighted by Gasteiger charge is 2.37. The van der Waals surface area contributed by atoms with Crippen LogP contribution in [0.25, 0.3) is 6.08 Å². The van der Waals surface area contributed by atoms with Gasteiger partial charge in [0.25, 0.3) is 0 Å². The fourth-order valence-corrected chi connectivity index (χ4v) is 3.37. The summed E-state index contributed by atoms with van der Waals surface area (Å²) < 4.78 is 5.38. The summed E-state index contributed by atoms with van der Waals surface area (Å²) in [7, 11) is 0. The molecule has 0 bridgehead atoms. The Morgan fingerprint density at radius 2 is 2.10 bits per heavy atom. The van der Waals surface area contributed by atoms with Crippen LogP contribution in [0.3, 0.4) is 0 Å². The van der Waals surface area contributed by atoms with E-state index in [1.165, 1.54) is 25.5 Å². The van der Waals surface area contributed by atoms with E-state index in [1.54, 1.807) is 30.3 Å². The van der Waals surface area contributed by atoms with Gasteiger partial charge in [0.15, 0.2) is 0 Å². The molecule has 1 aromatic carbocycles. The highest BCUT2D eigenvalue weighted by atomic mass is 16.5. The number of benzene rings is 1. The van der Waals surface area contributed by atoms with Crippen molar-refractivity contribution >= 4 is 12.0 Å². The average molecular weight is 287 g/mol. The first-order valence-electron chi connectivity index (χ1n) is 7.60. The Kier molecular flexibility index (Phi) is 4.25. The molecule has 1 aromatic rings. The van der Waals surface area contributed by atoms with Gasteiger partial charge in [-0.2, -0.15) is 0 Å². The lowest BCUT2D eigenvalue weighted by Crippen LogP contribution is -2.28. The average Bonchev–Trinajstić information content (AvgIpc) is 3.08. The van der Waals surface area contributed by atoms with Gasteiger partial charge in [0.05, 0.1) is 6.61 Å². The van der Waals surface area contributed by atoms with Gasteiger partial charge < -0.3 is 9.84 Å². The highest BCUT2D eigenvalue weighted by Crippen LogP contribution is 2.32. The van der Waals surface area contributed by atoms with Gasteiger partial charge in [0.1, 0.15) is 5.75 Å². The maximum Gasteiger partial charge on any atom is 0.330 e. The van der Waals surface area contributed by atoms with Crippen molar-refractivity contribution < 1.29 is 14.6 Å². The molecular formula is C17H21NO3. The molecule has 2 heterocycles. The van der Waals surface area contributed by atoms with Crippen LogP contribution in [0.2, 0.25) is 0 Å². The molecule has 2 saturated heterocycles. The molecule has 0 amide bonds. The predicted molar refractivity (Wildman–Crippen MR) is 80.8 cm³/mol. The Morgan fingerprint density at radius 1 is 1.29 bits per heavy atom. The van der Waals surface area contributed by atoms with Crippen LogP contribution in [0.1, 0.15) is 24.8 Å². The number of esters is 1. The second-order valence-electron chi connectivity index (χ2n) is 5.85. The van der Waals surface area contributed by atoms with Crippen molar-refractivity contribution in [2.75, 3.05) is 19.7 Å². The fourth-order valence-electron chi connectivity index (χ4n) is 3.37. The SMILES string of the molecule is O=C(C=Cc1ccc(O)cc1)OCC1CCN2CCCC12. The standard InChI is InChI=1S/C17H21NO3/c19-15-6-3-13(4-7-15)5-8-17(20)21-12-14-9-11-18-10-1-2-16(14)18/h3-8,14,16,19H,1-2,9-12H2. The molecule has 3 rings (SSSR count). The molecule has 0 saturated carbocycles. The van der Waals surface area contributed by atoms with Crippen LogP contribution in [0.15, 0.2) is 30.3 Å². The third-order valence-corrected chi connectivity index (χ3v) is 4.49. The molecule has 112 valence electrons. The fraction of sp³-hybridized carbons (Fsp3) is 0.471. The zero-order valence-corrected chi connectivity index (χ0v) is 12.1. The van der Waals surface area contributed by atoms with Crippen molar-refractivity contribution in [1.29, 1.82) is 0 Å². The molecule has 2 unspecified atom stereocenters. The molecule has 0 aliphatic carbocycles. The van der Waals surface area contributed by atoms with Crippen molar-refractivity contribution in [1.82, 2.24) is 4.90 Å². The molecule has 2 atom stereocenters. The predicted octanol–water partition coefficient (Wildman–Crippen LogP) is 2.43. The van der Waals surface area contributed by atoms with E-state index in [2.05, 4.69) is 4.90 Å². The number of hydrogen-bond acceptors (Lipinski definition) is 4. The summed E-state index contributed by atoms with van der Waals surface area (Å²) >= 11 is 0. The highest BCUT2D eigenvalue weighted by molar-refractivity contribution is 5.87. The zero-order chi connectivity index (χ0) is 14.7. The summed E-state index contributed by atoms with van der Waals surface area (Å²) in [5.74, 6) is 0.426. The van der Waals surface area contributed by atoms with Crippen LogP contribution in [0, 0.1) is 5.92 Å². The number of phenolic OH excluding ortho intramolecular Hbond substituents is 1. The van der Waals surface area contributed by atoms with Crippen molar-refractivity contribution in [3.8, 4) is 5.75 Å². The lowest BCUT2D eigenvalue weighted by atomic mass is 9.99. The van der Waals surface area contributed by atoms with Crippen LogP contribution >= 0.6 is 0 Å². The maximum absolute atomic E-state index is 11.8. The molecule has 21 heavy (non-hydrogen) atoms. The molecule has 4 heteroatoms. The van der Waals surface area contributed by atoms with Gasteiger partial charge in [-0.25, -0.2) is 4.79 Å². The molecule has 0 radical (unpaired) electrons. The van der Waals surface area contributed by atoms with Crippen LogP contribution in [-0.2, 0) is 9.53 Å². The quantitative estimate of drug-likeness (QED) is 0.682. The van der Waals surface area contributed by atoms with Gasteiger partial charge in [0.2, 0.25) is 0 Å². The molecule has 1 N–H and O–H groups in total. The Morgan fingerprint density at radius 3 is 2.90 bits per heavy atom. The van der Waals surface area contributed by atoms with Gasteiger partial charge in [-0.3, -0.25) is 4.90 Å². The van der Waals surface area contributed by atoms with Crippen molar-refractivity contribution in [2.24, 2.45) is 5.92 Å². The Hall–Kier alpha value is -1.81. The first-order chi connectivity index (χ1) is 10.2. The first kappa shape index (κ1) is 14.1. The Balaban J connectivity index is 1.47. The van der Waals surface area contributed by atoms with Gasteiger partial charge in [0, 0.05) is 18.0 Å². The van der Waals surface area contributed by atoms with Gasteiger partial charge >= 0.3 is 5.97 Å². The maximum atomic E-state index is 11.8. The largest absolute Gasteiger partial charge is 0.508 e. The van der Waals surface area contributed by atoms with Crippen molar-refractivity contribution in [3.63, 3.8) is 0 Å². The molecule has 2 fully saturated rings. The molecule has 4 nitrogen and oxygen atoms in total. The summed E-state index contributed by atoms with van der Waals surface area (Å²) in [6, 6.07) is 7.33. The summed E-state index contributed by atoms with van der Waals surface area (Å²) in [6.45, 7) is 2.88. The summed E-state index contributed by atoms with van der Waals surface area (Å²) in [4.78, 5) is 14.3. The number of rotatable bonds is 4. The van der Waals surface area contributed by atoms with E-state index in [0.29, 0.717) is 18.6 Å². The number of hydrogen-bond donors (Lipinski definition) is 1. The first-order valence-corrected chi connectivity index (χ1v) is 7.60. The molecule has 0 spiro atoms. The van der Waals surface area contributed by atoms with Gasteiger partial charge in [-0.1, -0.05) is 12.1 Å². The monoisotopic (exact) mass is 287 g/mol. The summed E-state index contributed by atoms with van der Waals surface area (Å²) in [5.41, 5.74) is 0.868. The van der Waals surface area contributed by atoms with Crippen LogP contribution < -0.4 is 0 Å². The number of fused-ring (bicyclic) bond motifs is 1. The Bertz CT molecular complexity index is 523. The van der Waals surface area contributed by atoms with E-state index >= 15 is 0 Å². The lowest BCUT2D eigenvalue weighted by molar-refractivity contribution is -0.139. The number of aromatic hydroxyl groups is 1. The normalized spacial score (nSPS) is 25.3. The van der Waals surface area contributed by atoms with Crippen molar-refractivity contribution in [2.45, 2.75) is 25.3 Å². The van der Waals surface area contributed by atoms with Crippen LogP contribution in [-0.4, -0.2) is 41.7 Å². The Labute approximate surface area is 125 Å². The lowest BCUT2D eigenvalue weighted by Gasteiger charge is -2.19.